The zero-order valence-corrected chi connectivity index (χ0v) is 13.4. The first-order valence-corrected chi connectivity index (χ1v) is 7.35. The molecule has 4 heteroatoms. The molecule has 0 aliphatic rings. The molecule has 0 heterocycles. The Bertz CT molecular complexity index is 567. The van der Waals surface area contributed by atoms with E-state index < -0.39 is 6.10 Å². The fraction of sp³-hybridized carbons (Fsp3) is 0.333. The Morgan fingerprint density at radius 1 is 0.955 bits per heavy atom. The monoisotopic (exact) mass is 302 g/mol. The van der Waals surface area contributed by atoms with Crippen LogP contribution in [0, 0.1) is 0 Å². The first-order chi connectivity index (χ1) is 10.5. The number of ether oxygens (including phenoxy) is 2. The van der Waals surface area contributed by atoms with Crippen molar-refractivity contribution in [1.82, 2.24) is 4.48 Å². The van der Waals surface area contributed by atoms with Crippen LogP contribution in [0.15, 0.2) is 54.6 Å². The number of aliphatic hydroxyl groups is 1. The minimum atomic E-state index is -0.544. The van der Waals surface area contributed by atoms with Gasteiger partial charge < -0.3 is 14.6 Å². The lowest BCUT2D eigenvalue weighted by molar-refractivity contribution is 0.0840. The van der Waals surface area contributed by atoms with Crippen molar-refractivity contribution in [2.24, 2.45) is 0 Å². The summed E-state index contributed by atoms with van der Waals surface area (Å²) < 4.78 is 11.4. The van der Waals surface area contributed by atoms with Gasteiger partial charge in [-0.25, -0.2) is 0 Å². The maximum atomic E-state index is 10.2. The molecule has 4 nitrogen and oxygen atoms in total. The number of methoxy groups -OCH3 is 1. The van der Waals surface area contributed by atoms with Gasteiger partial charge >= 0.3 is 0 Å². The Morgan fingerprint density at radius 3 is 2.18 bits per heavy atom. The van der Waals surface area contributed by atoms with Crippen molar-refractivity contribution in [2.45, 2.75) is 6.10 Å². The van der Waals surface area contributed by atoms with Gasteiger partial charge in [-0.2, -0.15) is 0 Å². The number of benzene rings is 2. The number of nitrogens with zero attached hydrogens (tertiary/aromatic N) is 1. The van der Waals surface area contributed by atoms with Gasteiger partial charge in [0.25, 0.3) is 0 Å². The highest BCUT2D eigenvalue weighted by molar-refractivity contribution is 5.45. The van der Waals surface area contributed by atoms with Crippen molar-refractivity contribution < 1.29 is 14.6 Å². The van der Waals surface area contributed by atoms with Crippen LogP contribution in [0.5, 0.6) is 11.5 Å². The molecule has 2 aromatic carbocycles. The molecular weight excluding hydrogens is 278 g/mol. The van der Waals surface area contributed by atoms with E-state index in [0.29, 0.717) is 11.0 Å². The van der Waals surface area contributed by atoms with Gasteiger partial charge in [0.1, 0.15) is 36.4 Å². The zero-order chi connectivity index (χ0) is 16.0. The maximum Gasteiger partial charge on any atom is 0.137 e. The van der Waals surface area contributed by atoms with Gasteiger partial charge in [-0.1, -0.05) is 18.2 Å². The van der Waals surface area contributed by atoms with E-state index in [2.05, 4.69) is 14.1 Å². The Hall–Kier alpha value is -2.04. The van der Waals surface area contributed by atoms with E-state index in [0.717, 1.165) is 17.2 Å². The van der Waals surface area contributed by atoms with Crippen molar-refractivity contribution >= 4 is 5.69 Å². The van der Waals surface area contributed by atoms with Gasteiger partial charge in [-0.15, -0.1) is 0 Å². The largest absolute Gasteiger partial charge is 0.497 e. The molecule has 0 spiro atoms. The summed E-state index contributed by atoms with van der Waals surface area (Å²) in [5, 5.41) is 10.2. The Balaban J connectivity index is 1.92. The van der Waals surface area contributed by atoms with Crippen LogP contribution in [0.2, 0.25) is 0 Å². The fourth-order valence-electron chi connectivity index (χ4n) is 2.38. The third-order valence-electron chi connectivity index (χ3n) is 3.62. The summed E-state index contributed by atoms with van der Waals surface area (Å²) in [6.07, 6.45) is -0.544. The molecule has 0 saturated carbocycles. The molecule has 2 aromatic rings. The lowest BCUT2D eigenvalue weighted by atomic mass is 10.2. The minimum Gasteiger partial charge on any atom is -0.497 e. The summed E-state index contributed by atoms with van der Waals surface area (Å²) in [6.45, 7) is 0.848. The number of hydrogen-bond donors (Lipinski definition) is 1. The van der Waals surface area contributed by atoms with Gasteiger partial charge in [0.2, 0.25) is 0 Å². The molecule has 1 N–H and O–H groups in total. The lowest BCUT2D eigenvalue weighted by Gasteiger charge is -2.31. The van der Waals surface area contributed by atoms with E-state index in [-0.39, 0.29) is 6.61 Å². The van der Waals surface area contributed by atoms with E-state index in [9.17, 15) is 5.11 Å². The molecule has 22 heavy (non-hydrogen) atoms. The molecule has 118 valence electrons. The van der Waals surface area contributed by atoms with Crippen LogP contribution in [-0.4, -0.2) is 45.6 Å². The third-order valence-corrected chi connectivity index (χ3v) is 3.62. The minimum absolute atomic E-state index is 0.280. The number of hydrogen-bond acceptors (Lipinski definition) is 3. The topological polar surface area (TPSA) is 38.7 Å². The predicted octanol–water partition coefficient (Wildman–Crippen LogP) is 2.70. The number of rotatable bonds is 7. The SMILES string of the molecule is COc1ccc([N+](C)(C)CC(O)COc2ccccc2)cc1. The standard InChI is InChI=1S/C18H24NO3/c1-19(2,15-9-11-17(21-3)12-10-15)13-16(20)14-22-18-7-5-4-6-8-18/h4-12,16,20H,13-14H2,1-3H3/q+1. The smallest absolute Gasteiger partial charge is 0.137 e. The van der Waals surface area contributed by atoms with Gasteiger partial charge in [0, 0.05) is 12.1 Å². The first-order valence-electron chi connectivity index (χ1n) is 7.35. The summed E-state index contributed by atoms with van der Waals surface area (Å²) in [4.78, 5) is 0. The summed E-state index contributed by atoms with van der Waals surface area (Å²) >= 11 is 0. The number of aliphatic hydroxyl groups excluding tert-OH is 1. The van der Waals surface area contributed by atoms with Crippen molar-refractivity contribution in [3.05, 3.63) is 54.6 Å². The van der Waals surface area contributed by atoms with E-state index in [1.165, 1.54) is 0 Å². The number of para-hydroxylation sites is 1. The predicted molar refractivity (Wildman–Crippen MR) is 89.4 cm³/mol. The van der Waals surface area contributed by atoms with E-state index in [1.807, 2.05) is 54.6 Å². The molecule has 0 aliphatic carbocycles. The molecule has 0 fully saturated rings. The molecule has 0 aromatic heterocycles. The van der Waals surface area contributed by atoms with Gasteiger partial charge in [-0.05, 0) is 24.3 Å². The van der Waals surface area contributed by atoms with E-state index in [1.54, 1.807) is 7.11 Å². The van der Waals surface area contributed by atoms with Crippen LogP contribution < -0.4 is 14.0 Å². The summed E-state index contributed by atoms with van der Waals surface area (Å²) in [7, 11) is 5.78. The van der Waals surface area contributed by atoms with Crippen LogP contribution in [0.1, 0.15) is 0 Å². The Kier molecular flexibility index (Phi) is 5.41. The van der Waals surface area contributed by atoms with Crippen molar-refractivity contribution in [1.29, 1.82) is 0 Å². The molecule has 2 rings (SSSR count). The summed E-state index contributed by atoms with van der Waals surface area (Å²) in [5.74, 6) is 1.60. The molecule has 1 atom stereocenters. The highest BCUT2D eigenvalue weighted by Crippen LogP contribution is 2.23. The average Bonchev–Trinajstić information content (AvgIpc) is 2.53. The highest BCUT2D eigenvalue weighted by Gasteiger charge is 2.23. The van der Waals surface area contributed by atoms with Crippen molar-refractivity contribution in [3.8, 4) is 11.5 Å². The quantitative estimate of drug-likeness (QED) is 0.799. The number of likely N-dealkylation sites (N-methyl/N-ethyl adjacent to an activating group) is 1. The molecule has 0 saturated heterocycles. The van der Waals surface area contributed by atoms with Crippen LogP contribution in [0.4, 0.5) is 5.69 Å². The molecule has 0 amide bonds. The zero-order valence-electron chi connectivity index (χ0n) is 13.4. The maximum absolute atomic E-state index is 10.2. The molecule has 0 radical (unpaired) electrons. The highest BCUT2D eigenvalue weighted by atomic mass is 16.5. The summed E-state index contributed by atoms with van der Waals surface area (Å²) in [6, 6.07) is 17.4. The van der Waals surface area contributed by atoms with Crippen molar-refractivity contribution in [2.75, 3.05) is 34.4 Å². The fourth-order valence-corrected chi connectivity index (χ4v) is 2.38. The molecule has 1 unspecified atom stereocenters. The Morgan fingerprint density at radius 2 is 1.59 bits per heavy atom. The molecule has 0 aliphatic heterocycles. The van der Waals surface area contributed by atoms with Gasteiger partial charge in [-0.3, -0.25) is 4.48 Å². The van der Waals surface area contributed by atoms with Gasteiger partial charge in [0.15, 0.2) is 0 Å². The molecule has 0 bridgehead atoms. The number of quaternary nitrogens is 1. The second kappa shape index (κ2) is 7.29. The van der Waals surface area contributed by atoms with Crippen LogP contribution in [0.3, 0.4) is 0 Å². The van der Waals surface area contributed by atoms with Crippen LogP contribution in [-0.2, 0) is 0 Å². The summed E-state index contributed by atoms with van der Waals surface area (Å²) in [5.41, 5.74) is 1.11. The average molecular weight is 302 g/mol. The van der Waals surface area contributed by atoms with E-state index in [4.69, 9.17) is 9.47 Å². The third kappa shape index (κ3) is 4.48. The normalized spacial score (nSPS) is 12.7. The van der Waals surface area contributed by atoms with Gasteiger partial charge in [0.05, 0.1) is 21.2 Å². The second-order valence-electron chi connectivity index (χ2n) is 5.84. The second-order valence-corrected chi connectivity index (χ2v) is 5.84. The lowest BCUT2D eigenvalue weighted by Crippen LogP contribution is -2.47. The first kappa shape index (κ1) is 16.3. The van der Waals surface area contributed by atoms with Crippen molar-refractivity contribution in [3.63, 3.8) is 0 Å². The van der Waals surface area contributed by atoms with E-state index >= 15 is 0 Å². The Labute approximate surface area is 132 Å². The molecular formula is C18H24NO3+. The van der Waals surface area contributed by atoms with Crippen LogP contribution >= 0.6 is 0 Å². The van der Waals surface area contributed by atoms with Crippen LogP contribution in [0.25, 0.3) is 0 Å².